The summed E-state index contributed by atoms with van der Waals surface area (Å²) < 4.78 is 12.5. The van der Waals surface area contributed by atoms with Crippen LogP contribution in [-0.4, -0.2) is 62.1 Å². The second-order valence-electron chi connectivity index (χ2n) is 6.88. The highest BCUT2D eigenvalue weighted by Crippen LogP contribution is 2.26. The summed E-state index contributed by atoms with van der Waals surface area (Å²) in [5.41, 5.74) is 0. The highest BCUT2D eigenvalue weighted by Gasteiger charge is 2.30. The van der Waals surface area contributed by atoms with E-state index in [1.165, 1.54) is 6.26 Å². The van der Waals surface area contributed by atoms with Crippen LogP contribution in [0.1, 0.15) is 47.9 Å². The molecule has 0 saturated carbocycles. The molecule has 0 radical (unpaired) electrons. The van der Waals surface area contributed by atoms with Crippen LogP contribution in [-0.2, 0) is 6.54 Å². The fourth-order valence-corrected chi connectivity index (χ4v) is 3.65. The summed E-state index contributed by atoms with van der Waals surface area (Å²) in [7, 11) is 0. The third-order valence-electron chi connectivity index (χ3n) is 5.08. The minimum Gasteiger partial charge on any atom is -1.00 e. The van der Waals surface area contributed by atoms with Crippen LogP contribution in [0.25, 0.3) is 0 Å². The Morgan fingerprint density at radius 3 is 2.55 bits per heavy atom. The van der Waals surface area contributed by atoms with Gasteiger partial charge in [-0.1, -0.05) is 13.3 Å². The van der Waals surface area contributed by atoms with E-state index >= 15 is 0 Å². The minimum atomic E-state index is -0.0562. The van der Waals surface area contributed by atoms with Gasteiger partial charge in [0.2, 0.25) is 0 Å². The third kappa shape index (κ3) is 4.68. The summed E-state index contributed by atoms with van der Waals surface area (Å²) in [6.45, 7) is 5.51. The Bertz CT molecular complexity index is 872. The Hall–Kier alpha value is -2.65. The number of furan rings is 2. The molecule has 1 fully saturated rings. The van der Waals surface area contributed by atoms with E-state index in [1.54, 1.807) is 23.1 Å². The molecule has 29 heavy (non-hydrogen) atoms. The lowest BCUT2D eigenvalue weighted by Gasteiger charge is -2.38. The highest BCUT2D eigenvalue weighted by atomic mass is 35.5. The Kier molecular flexibility index (Phi) is 7.05. The van der Waals surface area contributed by atoms with Crippen LogP contribution < -0.4 is 12.4 Å². The summed E-state index contributed by atoms with van der Waals surface area (Å²) in [6, 6.07) is 7.32. The van der Waals surface area contributed by atoms with Gasteiger partial charge >= 0.3 is 0 Å². The van der Waals surface area contributed by atoms with Gasteiger partial charge < -0.3 is 26.1 Å². The molecule has 10 heteroatoms. The van der Waals surface area contributed by atoms with E-state index < -0.39 is 0 Å². The first-order valence-corrected chi connectivity index (χ1v) is 9.61. The molecule has 0 N–H and O–H groups in total. The predicted octanol–water partition coefficient (Wildman–Crippen LogP) is -0.789. The van der Waals surface area contributed by atoms with Crippen molar-refractivity contribution in [2.75, 3.05) is 26.2 Å². The zero-order valence-corrected chi connectivity index (χ0v) is 17.0. The van der Waals surface area contributed by atoms with Crippen LogP contribution in [0.4, 0.5) is 0 Å². The first-order chi connectivity index (χ1) is 13.8. The minimum absolute atomic E-state index is 0. The average Bonchev–Trinajstić information content (AvgIpc) is 3.49. The number of tetrazole rings is 1. The Morgan fingerprint density at radius 2 is 1.90 bits per heavy atom. The molecule has 4 heterocycles. The summed E-state index contributed by atoms with van der Waals surface area (Å²) in [5.74, 6) is 1.99. The number of piperazine rings is 1. The molecule has 0 spiro atoms. The molecule has 0 aliphatic carbocycles. The first-order valence-electron chi connectivity index (χ1n) is 9.61. The molecular formula is C19H24ClN6O3-. The number of hydrogen-bond donors (Lipinski definition) is 0. The molecule has 9 nitrogen and oxygen atoms in total. The lowest BCUT2D eigenvalue weighted by atomic mass is 10.1. The van der Waals surface area contributed by atoms with Crippen LogP contribution in [0.2, 0.25) is 0 Å². The number of carbonyl (C=O) groups is 1. The van der Waals surface area contributed by atoms with Gasteiger partial charge in [-0.05, 0) is 41.1 Å². The number of carbonyl (C=O) groups excluding carboxylic acids is 1. The normalized spacial score (nSPS) is 15.8. The first kappa shape index (κ1) is 21.1. The van der Waals surface area contributed by atoms with Crippen LogP contribution in [0, 0.1) is 0 Å². The monoisotopic (exact) mass is 419 g/mol. The van der Waals surface area contributed by atoms with Gasteiger partial charge in [-0.3, -0.25) is 9.69 Å². The molecule has 1 aliphatic rings. The molecule has 156 valence electrons. The van der Waals surface area contributed by atoms with Crippen LogP contribution >= 0.6 is 0 Å². The van der Waals surface area contributed by atoms with Crippen LogP contribution in [0.3, 0.4) is 0 Å². The Balaban J connectivity index is 0.00000240. The SMILES string of the molecule is CCCC(c1nnnn1Cc1ccco1)N1CCN(C(=O)c2ccco2)CC1.[Cl-]. The van der Waals surface area contributed by atoms with E-state index in [-0.39, 0.29) is 24.4 Å². The van der Waals surface area contributed by atoms with E-state index in [0.29, 0.717) is 25.4 Å². The molecule has 1 saturated heterocycles. The molecule has 4 rings (SSSR count). The molecule has 3 aromatic heterocycles. The van der Waals surface area contributed by atoms with Crippen LogP contribution in [0.5, 0.6) is 0 Å². The lowest BCUT2D eigenvalue weighted by Crippen LogP contribution is -3.00. The second kappa shape index (κ2) is 9.71. The van der Waals surface area contributed by atoms with Crippen molar-refractivity contribution in [2.24, 2.45) is 0 Å². The fourth-order valence-electron chi connectivity index (χ4n) is 3.65. The second-order valence-corrected chi connectivity index (χ2v) is 6.88. The van der Waals surface area contributed by atoms with E-state index in [1.807, 2.05) is 17.0 Å². The molecule has 1 unspecified atom stereocenters. The van der Waals surface area contributed by atoms with Gasteiger partial charge in [-0.25, -0.2) is 4.68 Å². The quantitative estimate of drug-likeness (QED) is 0.495. The van der Waals surface area contributed by atoms with Gasteiger partial charge in [0.15, 0.2) is 11.6 Å². The fraction of sp³-hybridized carbons (Fsp3) is 0.474. The van der Waals surface area contributed by atoms with Crippen molar-refractivity contribution in [3.63, 3.8) is 0 Å². The molecule has 3 aromatic rings. The number of rotatable bonds is 7. The van der Waals surface area contributed by atoms with E-state index in [0.717, 1.165) is 37.5 Å². The van der Waals surface area contributed by atoms with Gasteiger partial charge in [0.05, 0.1) is 18.6 Å². The van der Waals surface area contributed by atoms with Crippen molar-refractivity contribution in [1.29, 1.82) is 0 Å². The molecule has 0 aromatic carbocycles. The molecule has 0 bridgehead atoms. The smallest absolute Gasteiger partial charge is 0.289 e. The highest BCUT2D eigenvalue weighted by molar-refractivity contribution is 5.91. The van der Waals surface area contributed by atoms with Gasteiger partial charge in [0.25, 0.3) is 5.91 Å². The summed E-state index contributed by atoms with van der Waals surface area (Å²) in [5, 5.41) is 12.4. The van der Waals surface area contributed by atoms with Crippen LogP contribution in [0.15, 0.2) is 45.6 Å². The Labute approximate surface area is 175 Å². The van der Waals surface area contributed by atoms with E-state index in [4.69, 9.17) is 8.83 Å². The summed E-state index contributed by atoms with van der Waals surface area (Å²) in [6.07, 6.45) is 5.15. The lowest BCUT2D eigenvalue weighted by molar-refractivity contribution is -0.0000172. The van der Waals surface area contributed by atoms with Crippen molar-refractivity contribution in [1.82, 2.24) is 30.0 Å². The maximum Gasteiger partial charge on any atom is 0.289 e. The van der Waals surface area contributed by atoms with Crippen molar-refractivity contribution in [3.05, 3.63) is 54.1 Å². The molecule has 1 aliphatic heterocycles. The topological polar surface area (TPSA) is 93.4 Å². The van der Waals surface area contributed by atoms with Crippen molar-refractivity contribution in [2.45, 2.75) is 32.4 Å². The van der Waals surface area contributed by atoms with E-state index in [2.05, 4.69) is 27.3 Å². The molecular weight excluding hydrogens is 396 g/mol. The van der Waals surface area contributed by atoms with Crippen molar-refractivity contribution >= 4 is 5.91 Å². The van der Waals surface area contributed by atoms with Crippen molar-refractivity contribution < 1.29 is 26.0 Å². The maximum atomic E-state index is 12.5. The van der Waals surface area contributed by atoms with Crippen molar-refractivity contribution in [3.8, 4) is 0 Å². The maximum absolute atomic E-state index is 12.5. The van der Waals surface area contributed by atoms with Gasteiger partial charge in [-0.15, -0.1) is 5.10 Å². The Morgan fingerprint density at radius 1 is 1.14 bits per heavy atom. The zero-order valence-electron chi connectivity index (χ0n) is 16.3. The van der Waals surface area contributed by atoms with E-state index in [9.17, 15) is 4.79 Å². The zero-order chi connectivity index (χ0) is 19.3. The number of amides is 1. The standard InChI is InChI=1S/C19H24N6O3.ClH/c1-2-5-16(18-20-21-22-25(18)14-15-6-3-12-27-15)23-8-10-24(11-9-23)19(26)17-7-4-13-28-17;/h3-4,6-7,12-13,16H,2,5,8-11,14H2,1H3;1H/p-1. The summed E-state index contributed by atoms with van der Waals surface area (Å²) in [4.78, 5) is 16.7. The number of hydrogen-bond acceptors (Lipinski definition) is 7. The summed E-state index contributed by atoms with van der Waals surface area (Å²) >= 11 is 0. The third-order valence-corrected chi connectivity index (χ3v) is 5.08. The molecule has 1 atom stereocenters. The van der Waals surface area contributed by atoms with Gasteiger partial charge in [0.1, 0.15) is 12.3 Å². The number of nitrogens with zero attached hydrogens (tertiary/aromatic N) is 6. The number of halogens is 1. The number of aromatic nitrogens is 4. The van der Waals surface area contributed by atoms with Gasteiger partial charge in [0, 0.05) is 26.2 Å². The van der Waals surface area contributed by atoms with Gasteiger partial charge in [-0.2, -0.15) is 0 Å². The average molecular weight is 420 g/mol. The predicted molar refractivity (Wildman–Crippen MR) is 99.5 cm³/mol. The molecule has 1 amide bonds. The largest absolute Gasteiger partial charge is 1.00 e.